The van der Waals surface area contributed by atoms with Crippen LogP contribution in [0.1, 0.15) is 5.69 Å². The van der Waals surface area contributed by atoms with Gasteiger partial charge in [0.15, 0.2) is 5.58 Å². The Hall–Kier alpha value is -4.13. The second kappa shape index (κ2) is 7.28. The number of methoxy groups -OCH3 is 1. The van der Waals surface area contributed by atoms with Crippen molar-refractivity contribution in [2.24, 2.45) is 0 Å². The fraction of sp³-hybridized carbons (Fsp3) is 0.0833. The molecule has 2 heterocycles. The SMILES string of the molecule is COc1cc(-c2ccc3oc(-c4ccc(F)cc4)nc3c2N)ccc1-n1cnc(C)c1. The number of nitrogens with two attached hydrogens (primary N) is 1. The van der Waals surface area contributed by atoms with Crippen LogP contribution in [0.25, 0.3) is 39.4 Å². The maximum absolute atomic E-state index is 13.2. The van der Waals surface area contributed by atoms with Gasteiger partial charge < -0.3 is 19.5 Å². The molecule has 0 atom stereocenters. The lowest BCUT2D eigenvalue weighted by molar-refractivity contribution is 0.413. The lowest BCUT2D eigenvalue weighted by atomic mass is 10.0. The molecule has 0 bridgehead atoms. The molecule has 0 unspecified atom stereocenters. The van der Waals surface area contributed by atoms with Gasteiger partial charge in [0.1, 0.15) is 17.1 Å². The third-order valence-corrected chi connectivity index (χ3v) is 5.17. The molecular formula is C24H19FN4O2. The Balaban J connectivity index is 1.58. The van der Waals surface area contributed by atoms with Crippen LogP contribution < -0.4 is 10.5 Å². The number of nitrogen functional groups attached to an aromatic ring is 1. The van der Waals surface area contributed by atoms with E-state index in [2.05, 4.69) is 9.97 Å². The van der Waals surface area contributed by atoms with Crippen molar-refractivity contribution in [1.29, 1.82) is 0 Å². The number of hydrogen-bond donors (Lipinski definition) is 1. The van der Waals surface area contributed by atoms with Gasteiger partial charge in [-0.2, -0.15) is 0 Å². The van der Waals surface area contributed by atoms with Crippen LogP contribution in [0.3, 0.4) is 0 Å². The van der Waals surface area contributed by atoms with Crippen molar-refractivity contribution in [2.75, 3.05) is 12.8 Å². The van der Waals surface area contributed by atoms with Crippen LogP contribution in [0.2, 0.25) is 0 Å². The van der Waals surface area contributed by atoms with Crippen LogP contribution in [0, 0.1) is 12.7 Å². The molecule has 5 rings (SSSR count). The second-order valence-electron chi connectivity index (χ2n) is 7.21. The maximum Gasteiger partial charge on any atom is 0.227 e. The van der Waals surface area contributed by atoms with Crippen molar-refractivity contribution in [2.45, 2.75) is 6.92 Å². The van der Waals surface area contributed by atoms with E-state index in [1.165, 1.54) is 12.1 Å². The molecule has 3 aromatic carbocycles. The van der Waals surface area contributed by atoms with Crippen molar-refractivity contribution < 1.29 is 13.5 Å². The van der Waals surface area contributed by atoms with E-state index >= 15 is 0 Å². The molecule has 0 amide bonds. The highest BCUT2D eigenvalue weighted by Gasteiger charge is 2.16. The van der Waals surface area contributed by atoms with Crippen LogP contribution >= 0.6 is 0 Å². The number of nitrogens with zero attached hydrogens (tertiary/aromatic N) is 3. The molecule has 31 heavy (non-hydrogen) atoms. The Morgan fingerprint density at radius 3 is 2.52 bits per heavy atom. The van der Waals surface area contributed by atoms with Gasteiger partial charge in [-0.1, -0.05) is 6.07 Å². The predicted molar refractivity (Wildman–Crippen MR) is 118 cm³/mol. The molecule has 2 aromatic heterocycles. The third kappa shape index (κ3) is 3.30. The molecule has 5 aromatic rings. The van der Waals surface area contributed by atoms with Gasteiger partial charge in [-0.25, -0.2) is 14.4 Å². The minimum absolute atomic E-state index is 0.315. The summed E-state index contributed by atoms with van der Waals surface area (Å²) < 4.78 is 26.6. The molecule has 0 saturated carbocycles. The van der Waals surface area contributed by atoms with Crippen molar-refractivity contribution >= 4 is 16.8 Å². The minimum Gasteiger partial charge on any atom is -0.495 e. The van der Waals surface area contributed by atoms with Crippen molar-refractivity contribution in [3.8, 4) is 34.0 Å². The average molecular weight is 414 g/mol. The number of anilines is 1. The zero-order valence-corrected chi connectivity index (χ0v) is 17.0. The molecule has 0 fully saturated rings. The fourth-order valence-corrected chi connectivity index (χ4v) is 3.59. The molecule has 0 spiro atoms. The van der Waals surface area contributed by atoms with E-state index in [0.29, 0.717) is 34.0 Å². The first-order valence-electron chi connectivity index (χ1n) is 9.68. The Labute approximate surface area is 177 Å². The lowest BCUT2D eigenvalue weighted by Gasteiger charge is -2.12. The zero-order chi connectivity index (χ0) is 21.5. The smallest absolute Gasteiger partial charge is 0.227 e. The van der Waals surface area contributed by atoms with Gasteiger partial charge in [-0.3, -0.25) is 0 Å². The summed E-state index contributed by atoms with van der Waals surface area (Å²) >= 11 is 0. The van der Waals surface area contributed by atoms with Gasteiger partial charge in [0.05, 0.1) is 30.5 Å². The van der Waals surface area contributed by atoms with Crippen LogP contribution in [0.15, 0.2) is 71.5 Å². The van der Waals surface area contributed by atoms with Crippen LogP contribution in [0.5, 0.6) is 5.75 Å². The highest BCUT2D eigenvalue weighted by Crippen LogP contribution is 2.37. The fourth-order valence-electron chi connectivity index (χ4n) is 3.59. The molecule has 0 aliphatic carbocycles. The normalized spacial score (nSPS) is 11.2. The van der Waals surface area contributed by atoms with Crippen LogP contribution in [-0.2, 0) is 0 Å². The zero-order valence-electron chi connectivity index (χ0n) is 17.0. The van der Waals surface area contributed by atoms with E-state index in [1.807, 2.05) is 48.0 Å². The maximum atomic E-state index is 13.2. The number of halogens is 1. The molecule has 2 N–H and O–H groups in total. The lowest BCUT2D eigenvalue weighted by Crippen LogP contribution is -1.97. The molecular weight excluding hydrogens is 395 g/mol. The highest BCUT2D eigenvalue weighted by atomic mass is 19.1. The van der Waals surface area contributed by atoms with E-state index in [-0.39, 0.29) is 5.82 Å². The van der Waals surface area contributed by atoms with Crippen molar-refractivity contribution in [1.82, 2.24) is 14.5 Å². The number of benzene rings is 3. The molecule has 0 saturated heterocycles. The summed E-state index contributed by atoms with van der Waals surface area (Å²) in [5, 5.41) is 0. The van der Waals surface area contributed by atoms with Crippen molar-refractivity contribution in [3.63, 3.8) is 0 Å². The number of hydrogen-bond acceptors (Lipinski definition) is 5. The minimum atomic E-state index is -0.315. The Kier molecular flexibility index (Phi) is 4.43. The number of rotatable bonds is 4. The van der Waals surface area contributed by atoms with E-state index in [0.717, 1.165) is 22.5 Å². The average Bonchev–Trinajstić information content (AvgIpc) is 3.41. The Bertz CT molecular complexity index is 1400. The van der Waals surface area contributed by atoms with E-state index < -0.39 is 0 Å². The summed E-state index contributed by atoms with van der Waals surface area (Å²) in [4.78, 5) is 8.83. The van der Waals surface area contributed by atoms with E-state index in [9.17, 15) is 4.39 Å². The van der Waals surface area contributed by atoms with Gasteiger partial charge in [-0.05, 0) is 61.0 Å². The Morgan fingerprint density at radius 1 is 1.03 bits per heavy atom. The molecule has 0 radical (unpaired) electrons. The largest absolute Gasteiger partial charge is 0.495 e. The Morgan fingerprint density at radius 2 is 1.81 bits per heavy atom. The summed E-state index contributed by atoms with van der Waals surface area (Å²) in [5.41, 5.74) is 12.3. The monoisotopic (exact) mass is 414 g/mol. The van der Waals surface area contributed by atoms with Crippen LogP contribution in [0.4, 0.5) is 10.1 Å². The first-order valence-corrected chi connectivity index (χ1v) is 9.68. The van der Waals surface area contributed by atoms with Crippen LogP contribution in [-0.4, -0.2) is 21.6 Å². The number of aromatic nitrogens is 3. The quantitative estimate of drug-likeness (QED) is 0.399. The van der Waals surface area contributed by atoms with Gasteiger partial charge in [-0.15, -0.1) is 0 Å². The number of ether oxygens (including phenoxy) is 1. The van der Waals surface area contributed by atoms with Gasteiger partial charge >= 0.3 is 0 Å². The number of fused-ring (bicyclic) bond motifs is 1. The topological polar surface area (TPSA) is 79.1 Å². The molecule has 154 valence electrons. The standard InChI is InChI=1S/C24H19FN4O2/c1-14-12-29(13-27-14)19-9-5-16(11-21(19)30-2)18-8-10-20-23(22(18)26)28-24(31-20)15-3-6-17(25)7-4-15/h3-13H,26H2,1-2H3. The predicted octanol–water partition coefficient (Wildman–Crippen LogP) is 5.39. The second-order valence-corrected chi connectivity index (χ2v) is 7.21. The summed E-state index contributed by atoms with van der Waals surface area (Å²) in [6, 6.07) is 15.6. The number of aryl methyl sites for hydroxylation is 1. The first kappa shape index (κ1) is 18.9. The van der Waals surface area contributed by atoms with E-state index in [4.69, 9.17) is 14.9 Å². The van der Waals surface area contributed by atoms with Crippen molar-refractivity contribution in [3.05, 3.63) is 78.6 Å². The third-order valence-electron chi connectivity index (χ3n) is 5.17. The molecule has 0 aliphatic rings. The molecule has 0 aliphatic heterocycles. The first-order chi connectivity index (χ1) is 15.0. The number of imidazole rings is 1. The van der Waals surface area contributed by atoms with E-state index in [1.54, 1.807) is 25.6 Å². The summed E-state index contributed by atoms with van der Waals surface area (Å²) in [6.45, 7) is 1.94. The summed E-state index contributed by atoms with van der Waals surface area (Å²) in [7, 11) is 1.63. The highest BCUT2D eigenvalue weighted by molar-refractivity contribution is 5.96. The molecule has 7 heteroatoms. The molecule has 6 nitrogen and oxygen atoms in total. The summed E-state index contributed by atoms with van der Waals surface area (Å²) in [5.74, 6) is 0.772. The number of oxazole rings is 1. The summed E-state index contributed by atoms with van der Waals surface area (Å²) in [6.07, 6.45) is 3.68. The van der Waals surface area contributed by atoms with Gasteiger partial charge in [0.25, 0.3) is 0 Å². The van der Waals surface area contributed by atoms with Gasteiger partial charge in [0, 0.05) is 17.3 Å². The van der Waals surface area contributed by atoms with Gasteiger partial charge in [0.2, 0.25) is 5.89 Å².